The molecule has 29 heavy (non-hydrogen) atoms. The Morgan fingerprint density at radius 3 is 2.24 bits per heavy atom. The van der Waals surface area contributed by atoms with E-state index < -0.39 is 18.1 Å². The van der Waals surface area contributed by atoms with Crippen molar-refractivity contribution in [1.82, 2.24) is 5.23 Å². The first kappa shape index (κ1) is 26.1. The number of nitrogens with zero attached hydrogens (tertiary/aromatic N) is 1. The summed E-state index contributed by atoms with van der Waals surface area (Å²) in [5, 5.41) is 12.8. The van der Waals surface area contributed by atoms with Crippen molar-refractivity contribution in [3.05, 3.63) is 29.3 Å². The number of alkyl halides is 2. The monoisotopic (exact) mass is 444 g/mol. The molecule has 0 amide bonds. The molecule has 1 atom stereocenters. The zero-order chi connectivity index (χ0) is 22.2. The van der Waals surface area contributed by atoms with Crippen molar-refractivity contribution in [2.75, 3.05) is 36.3 Å². The maximum atomic E-state index is 12.6. The summed E-state index contributed by atoms with van der Waals surface area (Å²) in [6, 6.07) is 6.19. The number of carbonyl (C=O) groups excluding carboxylic acids is 1. The van der Waals surface area contributed by atoms with E-state index in [0.29, 0.717) is 31.4 Å². The molecule has 0 aromatic heterocycles. The third-order valence-corrected chi connectivity index (χ3v) is 5.01. The van der Waals surface area contributed by atoms with Gasteiger partial charge in [0.2, 0.25) is 0 Å². The van der Waals surface area contributed by atoms with E-state index in [-0.39, 0.29) is 12.4 Å². The molecule has 0 bridgehead atoms. The molecule has 0 fully saturated rings. The first-order valence-electron chi connectivity index (χ1n) is 10.0. The first-order valence-corrected chi connectivity index (χ1v) is 11.1. The number of benzene rings is 1. The summed E-state index contributed by atoms with van der Waals surface area (Å²) >= 11 is 11.9. The summed E-state index contributed by atoms with van der Waals surface area (Å²) in [5.41, 5.74) is 2.08. The van der Waals surface area contributed by atoms with Crippen LogP contribution in [0.15, 0.2) is 18.2 Å². The minimum Gasteiger partial charge on any atom is -0.460 e. The Morgan fingerprint density at radius 1 is 1.21 bits per heavy atom. The van der Waals surface area contributed by atoms with Gasteiger partial charge in [0.1, 0.15) is 5.60 Å². The molecule has 0 aliphatic heterocycles. The fraction of sp³-hybridized carbons (Fsp3) is 0.667. The van der Waals surface area contributed by atoms with E-state index in [1.54, 1.807) is 6.82 Å². The van der Waals surface area contributed by atoms with Crippen LogP contribution in [0.25, 0.3) is 0 Å². The smallest absolute Gasteiger partial charge is 0.373 e. The average Bonchev–Trinajstić information content (AvgIpc) is 2.58. The molecule has 0 saturated carbocycles. The lowest BCUT2D eigenvalue weighted by molar-refractivity contribution is -0.156. The SMILES string of the molecule is CB(O)NCC(C)(CC(=O)OC(C)(C)C)c1ccc(N(CCCl)CCCl)cc1C. The summed E-state index contributed by atoms with van der Waals surface area (Å²) in [4.78, 5) is 14.7. The quantitative estimate of drug-likeness (QED) is 0.307. The van der Waals surface area contributed by atoms with E-state index >= 15 is 0 Å². The topological polar surface area (TPSA) is 61.8 Å². The number of aryl methyl sites for hydroxylation is 1. The zero-order valence-electron chi connectivity index (χ0n) is 18.5. The molecule has 0 aliphatic carbocycles. The number of nitrogens with one attached hydrogen (secondary N) is 1. The maximum absolute atomic E-state index is 12.6. The lowest BCUT2D eigenvalue weighted by atomic mass is 9.75. The fourth-order valence-electron chi connectivity index (χ4n) is 3.42. The van der Waals surface area contributed by atoms with E-state index in [1.165, 1.54) is 0 Å². The average molecular weight is 445 g/mol. The van der Waals surface area contributed by atoms with Gasteiger partial charge in [-0.1, -0.05) is 13.0 Å². The van der Waals surface area contributed by atoms with Gasteiger partial charge in [0.05, 0.1) is 6.42 Å². The van der Waals surface area contributed by atoms with E-state index in [1.807, 2.05) is 46.8 Å². The van der Waals surface area contributed by atoms with E-state index in [0.717, 1.165) is 16.8 Å². The highest BCUT2D eigenvalue weighted by molar-refractivity contribution is 6.45. The Hall–Kier alpha value is -0.945. The van der Waals surface area contributed by atoms with E-state index in [2.05, 4.69) is 16.2 Å². The molecule has 0 radical (unpaired) electrons. The number of esters is 1. The predicted octanol–water partition coefficient (Wildman–Crippen LogP) is 3.97. The van der Waals surface area contributed by atoms with Gasteiger partial charge >= 0.3 is 13.0 Å². The molecule has 0 spiro atoms. The van der Waals surface area contributed by atoms with Crippen molar-refractivity contribution in [3.63, 3.8) is 0 Å². The van der Waals surface area contributed by atoms with Crippen LogP contribution in [0.5, 0.6) is 0 Å². The van der Waals surface area contributed by atoms with E-state index in [4.69, 9.17) is 27.9 Å². The minimum atomic E-state index is -0.671. The summed E-state index contributed by atoms with van der Waals surface area (Å²) in [5.74, 6) is 0.778. The van der Waals surface area contributed by atoms with Gasteiger partial charge in [-0.3, -0.25) is 4.79 Å². The minimum absolute atomic E-state index is 0.206. The molecule has 1 rings (SSSR count). The molecule has 0 heterocycles. The van der Waals surface area contributed by atoms with Gasteiger partial charge in [-0.25, -0.2) is 0 Å². The largest absolute Gasteiger partial charge is 0.460 e. The van der Waals surface area contributed by atoms with Crippen LogP contribution in [0.2, 0.25) is 6.82 Å². The summed E-state index contributed by atoms with van der Waals surface area (Å²) in [6.45, 7) is 13.2. The number of rotatable bonds is 11. The number of ether oxygens (including phenoxy) is 1. The van der Waals surface area contributed by atoms with Crippen molar-refractivity contribution in [2.45, 2.75) is 58.9 Å². The summed E-state index contributed by atoms with van der Waals surface area (Å²) in [7, 11) is -0.671. The second-order valence-electron chi connectivity index (χ2n) is 8.74. The predicted molar refractivity (Wildman–Crippen MR) is 124 cm³/mol. The Labute approximate surface area is 186 Å². The van der Waals surface area contributed by atoms with Crippen LogP contribution in [0.4, 0.5) is 5.69 Å². The highest BCUT2D eigenvalue weighted by Crippen LogP contribution is 2.33. The van der Waals surface area contributed by atoms with Crippen LogP contribution < -0.4 is 10.1 Å². The maximum Gasteiger partial charge on any atom is 0.373 e. The van der Waals surface area contributed by atoms with Crippen LogP contribution in [0, 0.1) is 6.92 Å². The van der Waals surface area contributed by atoms with Crippen LogP contribution in [-0.4, -0.2) is 55.0 Å². The van der Waals surface area contributed by atoms with Gasteiger partial charge in [-0.15, -0.1) is 23.2 Å². The molecule has 1 unspecified atom stereocenters. The highest BCUT2D eigenvalue weighted by atomic mass is 35.5. The van der Waals surface area contributed by atoms with Gasteiger partial charge in [0.15, 0.2) is 0 Å². The number of hydrogen-bond acceptors (Lipinski definition) is 5. The third-order valence-electron chi connectivity index (χ3n) is 4.68. The molecule has 2 N–H and O–H groups in total. The Bertz CT molecular complexity index is 662. The second-order valence-corrected chi connectivity index (χ2v) is 9.50. The number of anilines is 1. The molecule has 0 aliphatic rings. The van der Waals surface area contributed by atoms with Gasteiger partial charge < -0.3 is 19.9 Å². The second kappa shape index (κ2) is 11.4. The highest BCUT2D eigenvalue weighted by Gasteiger charge is 2.33. The normalized spacial score (nSPS) is 13.7. The van der Waals surface area contributed by atoms with Crippen LogP contribution in [0.3, 0.4) is 0 Å². The molecule has 164 valence electrons. The first-order chi connectivity index (χ1) is 13.4. The van der Waals surface area contributed by atoms with Crippen LogP contribution >= 0.6 is 23.2 Å². The van der Waals surface area contributed by atoms with Crippen molar-refractivity contribution in [3.8, 4) is 0 Å². The van der Waals surface area contributed by atoms with Crippen molar-refractivity contribution < 1.29 is 14.6 Å². The molecule has 1 aromatic rings. The van der Waals surface area contributed by atoms with Gasteiger partial charge in [-0.2, -0.15) is 0 Å². The Morgan fingerprint density at radius 2 is 1.79 bits per heavy atom. The van der Waals surface area contributed by atoms with Crippen molar-refractivity contribution >= 4 is 41.9 Å². The molecule has 0 saturated heterocycles. The third kappa shape index (κ3) is 8.75. The molecule has 1 aromatic carbocycles. The molecule has 8 heteroatoms. The van der Waals surface area contributed by atoms with Gasteiger partial charge in [-0.05, 0) is 64.3 Å². The molecule has 5 nitrogen and oxygen atoms in total. The number of hydrogen-bond donors (Lipinski definition) is 2. The fourth-order valence-corrected chi connectivity index (χ4v) is 3.83. The Balaban J connectivity index is 3.21. The standard InChI is InChI=1S/C21H35BCl2N2O3/c1-16-13-17(26(11-9-23)12-10-24)7-8-18(16)21(5,15-25-22(6)28)14-19(27)29-20(2,3)4/h7-8,13,25,28H,9-12,14-15H2,1-6H3. The summed E-state index contributed by atoms with van der Waals surface area (Å²) < 4.78 is 5.56. The molecular weight excluding hydrogens is 410 g/mol. The number of carbonyl (C=O) groups is 1. The molecular formula is C21H35BCl2N2O3. The Kier molecular flexibility index (Phi) is 10.3. The van der Waals surface area contributed by atoms with E-state index in [9.17, 15) is 9.82 Å². The van der Waals surface area contributed by atoms with Crippen molar-refractivity contribution in [2.24, 2.45) is 0 Å². The lowest BCUT2D eigenvalue weighted by Gasteiger charge is -2.34. The lowest BCUT2D eigenvalue weighted by Crippen LogP contribution is -2.44. The van der Waals surface area contributed by atoms with Gasteiger partial charge in [0, 0.05) is 36.0 Å². The number of halogens is 2. The van der Waals surface area contributed by atoms with Crippen LogP contribution in [0.1, 0.15) is 45.2 Å². The van der Waals surface area contributed by atoms with Gasteiger partial charge in [0.25, 0.3) is 0 Å². The van der Waals surface area contributed by atoms with Crippen molar-refractivity contribution in [1.29, 1.82) is 0 Å². The summed E-state index contributed by atoms with van der Waals surface area (Å²) in [6.07, 6.45) is 0.206. The van der Waals surface area contributed by atoms with Crippen LogP contribution in [-0.2, 0) is 14.9 Å². The zero-order valence-corrected chi connectivity index (χ0v) is 20.0.